The highest BCUT2D eigenvalue weighted by molar-refractivity contribution is 6.37. The summed E-state index contributed by atoms with van der Waals surface area (Å²) >= 11 is 11.9. The number of carbonyl (C=O) groups is 2. The van der Waals surface area contributed by atoms with Crippen LogP contribution in [0.4, 0.5) is 5.69 Å². The number of halogens is 2. The molecule has 0 aliphatic heterocycles. The number of carbonyl (C=O) groups excluding carboxylic acids is 2. The third-order valence-electron chi connectivity index (χ3n) is 4.10. The number of hydrogen-bond acceptors (Lipinski definition) is 3. The Balaban J connectivity index is 1.64. The van der Waals surface area contributed by atoms with Gasteiger partial charge in [-0.25, -0.2) is 5.43 Å². The first kappa shape index (κ1) is 20.6. The van der Waals surface area contributed by atoms with E-state index in [1.807, 2.05) is 6.07 Å². The number of anilines is 1. The highest BCUT2D eigenvalue weighted by Crippen LogP contribution is 2.22. The lowest BCUT2D eigenvalue weighted by Gasteiger charge is -2.08. The quantitative estimate of drug-likeness (QED) is 0.424. The molecule has 0 radical (unpaired) electrons. The molecule has 0 unspecified atom stereocenters. The SMILES string of the molecule is CC(=NNC(=O)c1ccccc1)c1ccc(NC(=O)c2ccc(Cl)cc2Cl)cc1. The summed E-state index contributed by atoms with van der Waals surface area (Å²) < 4.78 is 0. The van der Waals surface area contributed by atoms with Crippen molar-refractivity contribution in [2.24, 2.45) is 5.10 Å². The molecule has 0 heterocycles. The molecule has 5 nitrogen and oxygen atoms in total. The minimum absolute atomic E-state index is 0.281. The van der Waals surface area contributed by atoms with Gasteiger partial charge in [0.15, 0.2) is 0 Å². The average molecular weight is 426 g/mol. The molecule has 0 spiro atoms. The molecule has 3 aromatic carbocycles. The van der Waals surface area contributed by atoms with E-state index in [9.17, 15) is 9.59 Å². The Bertz CT molecular complexity index is 1070. The van der Waals surface area contributed by atoms with Crippen molar-refractivity contribution >= 4 is 46.4 Å². The summed E-state index contributed by atoms with van der Waals surface area (Å²) in [6.07, 6.45) is 0. The van der Waals surface area contributed by atoms with E-state index < -0.39 is 0 Å². The Morgan fingerprint density at radius 1 is 0.828 bits per heavy atom. The maximum atomic E-state index is 12.4. The molecule has 0 bridgehead atoms. The molecule has 0 saturated carbocycles. The summed E-state index contributed by atoms with van der Waals surface area (Å²) in [5.41, 5.74) is 5.44. The Hall–Kier alpha value is -3.15. The zero-order valence-corrected chi connectivity index (χ0v) is 17.0. The minimum Gasteiger partial charge on any atom is -0.322 e. The van der Waals surface area contributed by atoms with E-state index in [2.05, 4.69) is 15.8 Å². The van der Waals surface area contributed by atoms with Gasteiger partial charge in [-0.05, 0) is 55.0 Å². The van der Waals surface area contributed by atoms with Gasteiger partial charge >= 0.3 is 0 Å². The highest BCUT2D eigenvalue weighted by Gasteiger charge is 2.11. The van der Waals surface area contributed by atoms with Gasteiger partial charge < -0.3 is 5.32 Å². The van der Waals surface area contributed by atoms with E-state index in [1.54, 1.807) is 67.6 Å². The predicted octanol–water partition coefficient (Wildman–Crippen LogP) is 5.40. The smallest absolute Gasteiger partial charge is 0.271 e. The van der Waals surface area contributed by atoms with Gasteiger partial charge in [0.2, 0.25) is 0 Å². The molecule has 0 aliphatic rings. The number of nitrogens with zero attached hydrogens (tertiary/aromatic N) is 1. The summed E-state index contributed by atoms with van der Waals surface area (Å²) in [6, 6.07) is 20.6. The van der Waals surface area contributed by atoms with E-state index in [1.165, 1.54) is 6.07 Å². The van der Waals surface area contributed by atoms with Crippen molar-refractivity contribution in [1.29, 1.82) is 0 Å². The van der Waals surface area contributed by atoms with Gasteiger partial charge in [0, 0.05) is 16.3 Å². The second-order valence-electron chi connectivity index (χ2n) is 6.16. The Labute approximate surface area is 178 Å². The minimum atomic E-state index is -0.333. The predicted molar refractivity (Wildman–Crippen MR) is 117 cm³/mol. The lowest BCUT2D eigenvalue weighted by atomic mass is 10.1. The lowest BCUT2D eigenvalue weighted by Crippen LogP contribution is -2.19. The number of hydrazone groups is 1. The largest absolute Gasteiger partial charge is 0.322 e. The van der Waals surface area contributed by atoms with Gasteiger partial charge in [-0.1, -0.05) is 53.5 Å². The molecule has 7 heteroatoms. The van der Waals surface area contributed by atoms with Crippen LogP contribution >= 0.6 is 23.2 Å². The van der Waals surface area contributed by atoms with Crippen LogP contribution in [0.2, 0.25) is 10.0 Å². The van der Waals surface area contributed by atoms with E-state index in [0.29, 0.717) is 27.5 Å². The van der Waals surface area contributed by atoms with Crippen molar-refractivity contribution in [3.63, 3.8) is 0 Å². The number of rotatable bonds is 5. The van der Waals surface area contributed by atoms with Crippen LogP contribution < -0.4 is 10.7 Å². The van der Waals surface area contributed by atoms with Crippen LogP contribution in [0, 0.1) is 0 Å². The topological polar surface area (TPSA) is 70.6 Å². The van der Waals surface area contributed by atoms with Crippen molar-refractivity contribution in [1.82, 2.24) is 5.43 Å². The standard InChI is InChI=1S/C22H17Cl2N3O2/c1-14(26-27-21(28)16-5-3-2-4-6-16)15-7-10-18(11-8-15)25-22(29)19-12-9-17(23)13-20(19)24/h2-13H,1H3,(H,25,29)(H,27,28). The maximum Gasteiger partial charge on any atom is 0.271 e. The van der Waals surface area contributed by atoms with Gasteiger partial charge in [0.1, 0.15) is 0 Å². The molecule has 0 atom stereocenters. The molecule has 146 valence electrons. The molecular weight excluding hydrogens is 409 g/mol. The normalized spacial score (nSPS) is 11.1. The van der Waals surface area contributed by atoms with Gasteiger partial charge in [-0.2, -0.15) is 5.10 Å². The first-order chi connectivity index (χ1) is 13.9. The van der Waals surface area contributed by atoms with Crippen molar-refractivity contribution in [3.05, 3.63) is 99.5 Å². The van der Waals surface area contributed by atoms with E-state index in [-0.39, 0.29) is 16.8 Å². The first-order valence-corrected chi connectivity index (χ1v) is 9.46. The third kappa shape index (κ3) is 5.44. The van der Waals surface area contributed by atoms with Crippen LogP contribution in [-0.4, -0.2) is 17.5 Å². The maximum absolute atomic E-state index is 12.4. The fraction of sp³-hybridized carbons (Fsp3) is 0.0455. The van der Waals surface area contributed by atoms with Gasteiger partial charge in [0.25, 0.3) is 11.8 Å². The van der Waals surface area contributed by atoms with Gasteiger partial charge in [0.05, 0.1) is 16.3 Å². The third-order valence-corrected chi connectivity index (χ3v) is 4.65. The van der Waals surface area contributed by atoms with E-state index >= 15 is 0 Å². The van der Waals surface area contributed by atoms with Crippen LogP contribution in [-0.2, 0) is 0 Å². The number of hydrogen-bond donors (Lipinski definition) is 2. The molecule has 3 rings (SSSR count). The molecule has 2 amide bonds. The number of benzene rings is 3. The summed E-state index contributed by atoms with van der Waals surface area (Å²) in [5.74, 6) is -0.617. The number of amides is 2. The molecule has 0 saturated heterocycles. The molecule has 0 fully saturated rings. The lowest BCUT2D eigenvalue weighted by molar-refractivity contribution is 0.0954. The molecule has 0 aliphatic carbocycles. The van der Waals surface area contributed by atoms with Crippen LogP contribution in [0.25, 0.3) is 0 Å². The summed E-state index contributed by atoms with van der Waals surface area (Å²) in [4.78, 5) is 24.4. The van der Waals surface area contributed by atoms with Crippen molar-refractivity contribution in [2.75, 3.05) is 5.32 Å². The van der Waals surface area contributed by atoms with Crippen LogP contribution in [0.1, 0.15) is 33.2 Å². The summed E-state index contributed by atoms with van der Waals surface area (Å²) in [5, 5.41) is 7.65. The fourth-order valence-corrected chi connectivity index (χ4v) is 3.01. The molecule has 29 heavy (non-hydrogen) atoms. The summed E-state index contributed by atoms with van der Waals surface area (Å²) in [7, 11) is 0. The molecule has 0 aromatic heterocycles. The van der Waals surface area contributed by atoms with Crippen LogP contribution in [0.15, 0.2) is 77.9 Å². The number of nitrogens with one attached hydrogen (secondary N) is 2. The van der Waals surface area contributed by atoms with Crippen LogP contribution in [0.5, 0.6) is 0 Å². The van der Waals surface area contributed by atoms with Crippen molar-refractivity contribution < 1.29 is 9.59 Å². The first-order valence-electron chi connectivity index (χ1n) is 8.70. The van der Waals surface area contributed by atoms with E-state index in [4.69, 9.17) is 23.2 Å². The monoisotopic (exact) mass is 425 g/mol. The van der Waals surface area contributed by atoms with Gasteiger partial charge in [-0.15, -0.1) is 0 Å². The second-order valence-corrected chi connectivity index (χ2v) is 7.00. The second kappa shape index (κ2) is 9.37. The van der Waals surface area contributed by atoms with Gasteiger partial charge in [-0.3, -0.25) is 9.59 Å². The zero-order chi connectivity index (χ0) is 20.8. The van der Waals surface area contributed by atoms with Crippen molar-refractivity contribution in [2.45, 2.75) is 6.92 Å². The Kier molecular flexibility index (Phi) is 6.65. The fourth-order valence-electron chi connectivity index (χ4n) is 2.52. The highest BCUT2D eigenvalue weighted by atomic mass is 35.5. The zero-order valence-electron chi connectivity index (χ0n) is 15.4. The Morgan fingerprint density at radius 2 is 1.52 bits per heavy atom. The average Bonchev–Trinajstić information content (AvgIpc) is 2.72. The Morgan fingerprint density at radius 3 is 2.17 bits per heavy atom. The van der Waals surface area contributed by atoms with E-state index in [0.717, 1.165) is 5.56 Å². The van der Waals surface area contributed by atoms with Crippen LogP contribution in [0.3, 0.4) is 0 Å². The summed E-state index contributed by atoms with van der Waals surface area (Å²) in [6.45, 7) is 1.78. The molecule has 2 N–H and O–H groups in total. The van der Waals surface area contributed by atoms with Crippen molar-refractivity contribution in [3.8, 4) is 0 Å². The molecular formula is C22H17Cl2N3O2. The molecule has 3 aromatic rings.